The van der Waals surface area contributed by atoms with E-state index < -0.39 is 10.0 Å². The minimum Gasteiger partial charge on any atom is -0.343 e. The Labute approximate surface area is 126 Å². The van der Waals surface area contributed by atoms with Gasteiger partial charge in [-0.25, -0.2) is 13.1 Å². The summed E-state index contributed by atoms with van der Waals surface area (Å²) >= 11 is 1.46. The van der Waals surface area contributed by atoms with Crippen molar-refractivity contribution < 1.29 is 12.9 Å². The van der Waals surface area contributed by atoms with Crippen LogP contribution in [0.25, 0.3) is 0 Å². The Kier molecular flexibility index (Phi) is 4.34. The summed E-state index contributed by atoms with van der Waals surface area (Å²) in [7, 11) is -3.49. The summed E-state index contributed by atoms with van der Waals surface area (Å²) in [5.74, 6) is 0.485. The van der Waals surface area contributed by atoms with Crippen LogP contribution in [0.4, 0.5) is 0 Å². The highest BCUT2D eigenvalue weighted by Crippen LogP contribution is 2.24. The predicted molar refractivity (Wildman–Crippen MR) is 77.4 cm³/mol. The molecule has 21 heavy (non-hydrogen) atoms. The van der Waals surface area contributed by atoms with Crippen molar-refractivity contribution in [3.05, 3.63) is 28.5 Å². The second-order valence-electron chi connectivity index (χ2n) is 4.86. The summed E-state index contributed by atoms with van der Waals surface area (Å²) < 4.78 is 31.8. The molecule has 1 aliphatic carbocycles. The van der Waals surface area contributed by atoms with Gasteiger partial charge in [-0.05, 0) is 24.3 Å². The van der Waals surface area contributed by atoms with Crippen LogP contribution in [0.5, 0.6) is 0 Å². The Balaban J connectivity index is 1.59. The predicted octanol–water partition coefficient (Wildman–Crippen LogP) is 0.904. The average Bonchev–Trinajstić information content (AvgIpc) is 2.93. The van der Waals surface area contributed by atoms with Gasteiger partial charge in [0.15, 0.2) is 5.82 Å². The van der Waals surface area contributed by atoms with Gasteiger partial charge in [-0.15, -0.1) is 11.3 Å². The number of aromatic nitrogens is 2. The van der Waals surface area contributed by atoms with Gasteiger partial charge in [0.1, 0.15) is 0 Å². The summed E-state index contributed by atoms with van der Waals surface area (Å²) in [5, 5.41) is 8.78. The van der Waals surface area contributed by atoms with Crippen molar-refractivity contribution in [1.29, 1.82) is 0 Å². The van der Waals surface area contributed by atoms with E-state index in [1.165, 1.54) is 30.6 Å². The topological polar surface area (TPSA) is 97.1 Å². The monoisotopic (exact) mass is 328 g/mol. The number of hydrogen-bond donors (Lipinski definition) is 2. The molecule has 2 N–H and O–H groups in total. The van der Waals surface area contributed by atoms with Crippen molar-refractivity contribution in [2.75, 3.05) is 6.54 Å². The second-order valence-corrected chi connectivity index (χ2v) is 7.59. The molecule has 0 saturated heterocycles. The maximum atomic E-state index is 12.3. The molecule has 0 aliphatic heterocycles. The Hall–Kier alpha value is -1.29. The van der Waals surface area contributed by atoms with Crippen molar-refractivity contribution in [2.45, 2.75) is 36.7 Å². The molecule has 2 heterocycles. The van der Waals surface area contributed by atoms with E-state index in [-0.39, 0.29) is 6.54 Å². The van der Waals surface area contributed by atoms with Crippen LogP contribution in [0.2, 0.25) is 0 Å². The normalized spacial score (nSPS) is 15.4. The summed E-state index contributed by atoms with van der Waals surface area (Å²) in [4.78, 5) is 5.05. The molecule has 0 aromatic carbocycles. The molecule has 0 amide bonds. The standard InChI is InChI=1S/C12H16N4O3S2/c17-21(18,15-5-3-12-14-8-19-16-12)11-4-6-20-10(11)7-13-9-1-2-9/h4,6,8-9,13,15H,1-3,5,7H2. The Morgan fingerprint density at radius 1 is 1.43 bits per heavy atom. The Bertz CT molecular complexity index is 677. The summed E-state index contributed by atoms with van der Waals surface area (Å²) in [6.45, 7) is 0.844. The van der Waals surface area contributed by atoms with E-state index in [2.05, 4.69) is 24.7 Å². The second kappa shape index (κ2) is 6.22. The highest BCUT2D eigenvalue weighted by atomic mass is 32.2. The largest absolute Gasteiger partial charge is 0.343 e. The quantitative estimate of drug-likeness (QED) is 0.747. The first kappa shape index (κ1) is 14.6. The zero-order valence-electron chi connectivity index (χ0n) is 11.3. The van der Waals surface area contributed by atoms with Crippen molar-refractivity contribution in [1.82, 2.24) is 20.2 Å². The fourth-order valence-electron chi connectivity index (χ4n) is 1.90. The zero-order chi connectivity index (χ0) is 14.7. The summed E-state index contributed by atoms with van der Waals surface area (Å²) in [6, 6.07) is 2.19. The molecule has 7 nitrogen and oxygen atoms in total. The molecule has 1 fully saturated rings. The molecule has 1 aliphatic rings. The molecule has 114 valence electrons. The molecule has 1 saturated carbocycles. The lowest BCUT2D eigenvalue weighted by Gasteiger charge is -2.07. The van der Waals surface area contributed by atoms with E-state index in [0.717, 1.165) is 4.88 Å². The van der Waals surface area contributed by atoms with Crippen LogP contribution in [-0.2, 0) is 23.0 Å². The van der Waals surface area contributed by atoms with Crippen LogP contribution in [-0.4, -0.2) is 31.1 Å². The van der Waals surface area contributed by atoms with Gasteiger partial charge in [-0.2, -0.15) is 4.98 Å². The third-order valence-electron chi connectivity index (χ3n) is 3.17. The number of hydrogen-bond acceptors (Lipinski definition) is 7. The van der Waals surface area contributed by atoms with Gasteiger partial charge in [0.2, 0.25) is 16.4 Å². The molecule has 2 aromatic heterocycles. The van der Waals surface area contributed by atoms with Gasteiger partial charge in [-0.3, -0.25) is 0 Å². The van der Waals surface area contributed by atoms with Crippen LogP contribution in [0.15, 0.2) is 27.3 Å². The molecule has 0 radical (unpaired) electrons. The summed E-state index contributed by atoms with van der Waals surface area (Å²) in [6.07, 6.45) is 3.98. The van der Waals surface area contributed by atoms with Crippen LogP contribution >= 0.6 is 11.3 Å². The van der Waals surface area contributed by atoms with Crippen molar-refractivity contribution in [3.63, 3.8) is 0 Å². The lowest BCUT2D eigenvalue weighted by atomic mass is 10.4. The number of rotatable bonds is 8. The van der Waals surface area contributed by atoms with Crippen LogP contribution in [0.1, 0.15) is 23.5 Å². The molecule has 9 heteroatoms. The van der Waals surface area contributed by atoms with Gasteiger partial charge in [-0.1, -0.05) is 5.16 Å². The number of nitrogens with one attached hydrogen (secondary N) is 2. The van der Waals surface area contributed by atoms with Crippen molar-refractivity contribution in [2.24, 2.45) is 0 Å². The molecule has 0 spiro atoms. The van der Waals surface area contributed by atoms with E-state index in [0.29, 0.717) is 29.7 Å². The Morgan fingerprint density at radius 3 is 3.00 bits per heavy atom. The van der Waals surface area contributed by atoms with E-state index in [1.54, 1.807) is 11.4 Å². The molecular weight excluding hydrogens is 312 g/mol. The fourth-order valence-corrected chi connectivity index (χ4v) is 4.32. The molecule has 3 rings (SSSR count). The maximum Gasteiger partial charge on any atom is 0.241 e. The van der Waals surface area contributed by atoms with Gasteiger partial charge in [0, 0.05) is 30.4 Å². The smallest absolute Gasteiger partial charge is 0.241 e. The third-order valence-corrected chi connectivity index (χ3v) is 5.77. The van der Waals surface area contributed by atoms with E-state index >= 15 is 0 Å². The summed E-state index contributed by atoms with van der Waals surface area (Å²) in [5.41, 5.74) is 0. The van der Waals surface area contributed by atoms with E-state index in [1.807, 2.05) is 0 Å². The number of sulfonamides is 1. The van der Waals surface area contributed by atoms with Crippen molar-refractivity contribution in [3.8, 4) is 0 Å². The fraction of sp³-hybridized carbons (Fsp3) is 0.500. The zero-order valence-corrected chi connectivity index (χ0v) is 12.9. The SMILES string of the molecule is O=S(=O)(NCCc1ncon1)c1ccsc1CNC1CC1. The highest BCUT2D eigenvalue weighted by molar-refractivity contribution is 7.89. The van der Waals surface area contributed by atoms with Crippen LogP contribution < -0.4 is 10.0 Å². The van der Waals surface area contributed by atoms with E-state index in [9.17, 15) is 8.42 Å². The lowest BCUT2D eigenvalue weighted by Crippen LogP contribution is -2.27. The molecule has 0 unspecified atom stereocenters. The molecule has 0 atom stereocenters. The lowest BCUT2D eigenvalue weighted by molar-refractivity contribution is 0.410. The number of thiophene rings is 1. The maximum absolute atomic E-state index is 12.3. The average molecular weight is 328 g/mol. The number of nitrogens with zero attached hydrogens (tertiary/aromatic N) is 2. The Morgan fingerprint density at radius 2 is 2.29 bits per heavy atom. The van der Waals surface area contributed by atoms with Crippen LogP contribution in [0.3, 0.4) is 0 Å². The first-order valence-corrected chi connectivity index (χ1v) is 9.06. The van der Waals surface area contributed by atoms with Gasteiger partial charge < -0.3 is 9.84 Å². The molecular formula is C12H16N4O3S2. The minimum absolute atomic E-state index is 0.243. The molecule has 2 aromatic rings. The third kappa shape index (κ3) is 3.88. The van der Waals surface area contributed by atoms with Gasteiger partial charge in [0.25, 0.3) is 0 Å². The minimum atomic E-state index is -3.49. The first-order chi connectivity index (χ1) is 10.1. The van der Waals surface area contributed by atoms with Crippen molar-refractivity contribution >= 4 is 21.4 Å². The molecule has 0 bridgehead atoms. The highest BCUT2D eigenvalue weighted by Gasteiger charge is 2.23. The van der Waals surface area contributed by atoms with Gasteiger partial charge >= 0.3 is 0 Å². The van der Waals surface area contributed by atoms with E-state index in [4.69, 9.17) is 0 Å². The van der Waals surface area contributed by atoms with Gasteiger partial charge in [0.05, 0.1) is 4.90 Å². The first-order valence-electron chi connectivity index (χ1n) is 6.70. The van der Waals surface area contributed by atoms with Crippen LogP contribution in [0, 0.1) is 0 Å².